The van der Waals surface area contributed by atoms with Crippen LogP contribution in [-0.2, 0) is 11.4 Å². The van der Waals surface area contributed by atoms with Crippen molar-refractivity contribution in [2.75, 3.05) is 0 Å². The predicted molar refractivity (Wildman–Crippen MR) is 96.6 cm³/mol. The highest BCUT2D eigenvalue weighted by Gasteiger charge is 2.28. The molecular weight excluding hydrogens is 393 g/mol. The molecule has 0 aliphatic carbocycles. The average molecular weight is 408 g/mol. The highest BCUT2D eigenvalue weighted by molar-refractivity contribution is 9.10. The lowest BCUT2D eigenvalue weighted by Gasteiger charge is -2.19. The molecule has 24 heavy (non-hydrogen) atoms. The molecule has 4 nitrogen and oxygen atoms in total. The molecule has 0 radical (unpaired) electrons. The maximum Gasteiger partial charge on any atom is 0.150 e. The molecule has 0 fully saturated rings. The van der Waals surface area contributed by atoms with E-state index in [9.17, 15) is 14.2 Å². The van der Waals surface area contributed by atoms with E-state index in [-0.39, 0.29) is 10.2 Å². The molecule has 1 unspecified atom stereocenters. The molecular formula is C17H15BrFN3OS. The van der Waals surface area contributed by atoms with Crippen molar-refractivity contribution in [1.29, 1.82) is 5.26 Å². The molecule has 1 atom stereocenters. The zero-order valence-electron chi connectivity index (χ0n) is 13.4. The van der Waals surface area contributed by atoms with Gasteiger partial charge in [-0.3, -0.25) is 0 Å². The van der Waals surface area contributed by atoms with Gasteiger partial charge in [0.2, 0.25) is 0 Å². The maximum absolute atomic E-state index is 13.6. The first-order chi connectivity index (χ1) is 11.2. The topological polar surface area (TPSA) is 72.1 Å². The third-order valence-electron chi connectivity index (χ3n) is 3.06. The number of benzene rings is 1. The van der Waals surface area contributed by atoms with Crippen LogP contribution in [0.2, 0.25) is 0 Å². The lowest BCUT2D eigenvalue weighted by atomic mass is 10.0. The second-order valence-corrected chi connectivity index (χ2v) is 8.70. The Balaban J connectivity index is 2.68. The van der Waals surface area contributed by atoms with E-state index in [4.69, 9.17) is 0 Å². The van der Waals surface area contributed by atoms with Gasteiger partial charge in [-0.05, 0) is 67.0 Å². The van der Waals surface area contributed by atoms with E-state index in [2.05, 4.69) is 25.3 Å². The number of hydrogen-bond donors (Lipinski definition) is 0. The third kappa shape index (κ3) is 4.20. The monoisotopic (exact) mass is 407 g/mol. The van der Waals surface area contributed by atoms with Crippen molar-refractivity contribution in [1.82, 2.24) is 4.98 Å². The maximum atomic E-state index is 13.6. The summed E-state index contributed by atoms with van der Waals surface area (Å²) in [5.74, 6) is -0.415. The molecule has 0 spiro atoms. The summed E-state index contributed by atoms with van der Waals surface area (Å²) in [4.78, 5) is 4.03. The van der Waals surface area contributed by atoms with E-state index in [1.54, 1.807) is 39.0 Å². The van der Waals surface area contributed by atoms with Crippen molar-refractivity contribution in [3.05, 3.63) is 63.6 Å². The largest absolute Gasteiger partial charge is 0.591 e. The van der Waals surface area contributed by atoms with Gasteiger partial charge in [-0.1, -0.05) is 4.40 Å². The lowest BCUT2D eigenvalue weighted by molar-refractivity contribution is 0.561. The fourth-order valence-corrected chi connectivity index (χ4v) is 2.83. The molecule has 0 saturated heterocycles. The van der Waals surface area contributed by atoms with Crippen LogP contribution in [0.3, 0.4) is 0 Å². The Morgan fingerprint density at radius 1 is 1.38 bits per heavy atom. The summed E-state index contributed by atoms with van der Waals surface area (Å²) in [5, 5.41) is 9.29. The molecule has 0 N–H and O–H groups in total. The number of rotatable bonds is 3. The standard InChI is InChI=1S/C17H15BrFN3OS/c1-17(2,3)24(23)22-16(11-6-7-14(19)13(18)9-11)12-5-4-8-21-15(12)10-20/h4-9H,1-3H3/b22-16+. The number of halogens is 2. The van der Waals surface area contributed by atoms with Crippen LogP contribution < -0.4 is 0 Å². The van der Waals surface area contributed by atoms with Crippen molar-refractivity contribution in [2.45, 2.75) is 25.5 Å². The minimum atomic E-state index is -1.55. The van der Waals surface area contributed by atoms with Crippen molar-refractivity contribution in [3.8, 4) is 6.07 Å². The summed E-state index contributed by atoms with van der Waals surface area (Å²) in [6.45, 7) is 5.41. The highest BCUT2D eigenvalue weighted by Crippen LogP contribution is 2.24. The van der Waals surface area contributed by atoms with Crippen LogP contribution in [0.5, 0.6) is 0 Å². The summed E-state index contributed by atoms with van der Waals surface area (Å²) in [6, 6.07) is 9.73. The Morgan fingerprint density at radius 2 is 2.08 bits per heavy atom. The molecule has 0 aliphatic heterocycles. The summed E-state index contributed by atoms with van der Waals surface area (Å²) in [6.07, 6.45) is 1.50. The number of aromatic nitrogens is 1. The summed E-state index contributed by atoms with van der Waals surface area (Å²) >= 11 is 1.59. The molecule has 1 heterocycles. The Hall–Kier alpha value is -1.75. The average Bonchev–Trinajstić information content (AvgIpc) is 2.54. The van der Waals surface area contributed by atoms with E-state index in [0.717, 1.165) is 0 Å². The summed E-state index contributed by atoms with van der Waals surface area (Å²) < 4.78 is 30.1. The van der Waals surface area contributed by atoms with Crippen LogP contribution >= 0.6 is 15.9 Å². The predicted octanol–water partition coefficient (Wildman–Crippen LogP) is 4.15. The number of nitrogens with zero attached hydrogens (tertiary/aromatic N) is 3. The molecule has 124 valence electrons. The first-order valence-electron chi connectivity index (χ1n) is 7.05. The molecule has 0 bridgehead atoms. The molecule has 0 aliphatic rings. The second-order valence-electron chi connectivity index (χ2n) is 5.94. The van der Waals surface area contributed by atoms with Gasteiger partial charge in [0.1, 0.15) is 39.4 Å². The lowest BCUT2D eigenvalue weighted by Crippen LogP contribution is -2.27. The van der Waals surface area contributed by atoms with E-state index >= 15 is 0 Å². The van der Waals surface area contributed by atoms with Gasteiger partial charge in [-0.25, -0.2) is 9.37 Å². The Labute approximate surface area is 151 Å². The van der Waals surface area contributed by atoms with Crippen molar-refractivity contribution in [3.63, 3.8) is 0 Å². The van der Waals surface area contributed by atoms with E-state index < -0.39 is 21.9 Å². The third-order valence-corrected chi connectivity index (χ3v) is 5.06. The van der Waals surface area contributed by atoms with Gasteiger partial charge >= 0.3 is 0 Å². The SMILES string of the molecule is CC(C)(C)[S+]([O-])/N=C(\c1ccc(F)c(Br)c1)c1cccnc1C#N. The molecule has 2 rings (SSSR count). The van der Waals surface area contributed by atoms with Gasteiger partial charge < -0.3 is 4.55 Å². The van der Waals surface area contributed by atoms with Crippen LogP contribution in [0, 0.1) is 17.1 Å². The van der Waals surface area contributed by atoms with Crippen molar-refractivity contribution < 1.29 is 8.94 Å². The first kappa shape index (κ1) is 18.6. The second kappa shape index (κ2) is 7.43. The fraction of sp³-hybridized carbons (Fsp3) is 0.235. The van der Waals surface area contributed by atoms with Gasteiger partial charge in [0.05, 0.1) is 4.47 Å². The Kier molecular flexibility index (Phi) is 5.75. The van der Waals surface area contributed by atoms with E-state index in [1.165, 1.54) is 18.3 Å². The number of nitriles is 1. The smallest absolute Gasteiger partial charge is 0.150 e. The van der Waals surface area contributed by atoms with Crippen LogP contribution in [-0.4, -0.2) is 20.0 Å². The van der Waals surface area contributed by atoms with Gasteiger partial charge in [-0.15, -0.1) is 0 Å². The summed E-state index contributed by atoms with van der Waals surface area (Å²) in [7, 11) is 0. The Bertz CT molecular complexity index is 827. The number of hydrogen-bond acceptors (Lipinski definition) is 4. The van der Waals surface area contributed by atoms with Gasteiger partial charge in [-0.2, -0.15) is 5.26 Å². The zero-order chi connectivity index (χ0) is 17.9. The minimum absolute atomic E-state index is 0.169. The molecule has 0 amide bonds. The summed E-state index contributed by atoms with van der Waals surface area (Å²) in [5.41, 5.74) is 1.51. The molecule has 1 aromatic heterocycles. The van der Waals surface area contributed by atoms with Crippen LogP contribution in [0.15, 0.2) is 45.4 Å². The molecule has 2 aromatic rings. The number of pyridine rings is 1. The molecule has 0 saturated carbocycles. The van der Waals surface area contributed by atoms with E-state index in [0.29, 0.717) is 16.8 Å². The van der Waals surface area contributed by atoms with Gasteiger partial charge in [0, 0.05) is 17.3 Å². The molecule has 1 aromatic carbocycles. The van der Waals surface area contributed by atoms with Crippen LogP contribution in [0.1, 0.15) is 37.6 Å². The zero-order valence-corrected chi connectivity index (χ0v) is 15.8. The van der Waals surface area contributed by atoms with E-state index in [1.807, 2.05) is 6.07 Å². The quantitative estimate of drug-likeness (QED) is 0.566. The fourth-order valence-electron chi connectivity index (χ4n) is 1.81. The first-order valence-corrected chi connectivity index (χ1v) is 8.95. The van der Waals surface area contributed by atoms with Gasteiger partial charge in [0.25, 0.3) is 0 Å². The van der Waals surface area contributed by atoms with Crippen molar-refractivity contribution in [2.24, 2.45) is 4.40 Å². The highest BCUT2D eigenvalue weighted by atomic mass is 79.9. The van der Waals surface area contributed by atoms with Crippen LogP contribution in [0.4, 0.5) is 4.39 Å². The Morgan fingerprint density at radius 3 is 2.67 bits per heavy atom. The van der Waals surface area contributed by atoms with Crippen molar-refractivity contribution >= 4 is 33.0 Å². The minimum Gasteiger partial charge on any atom is -0.591 e. The normalized spacial score (nSPS) is 13.5. The molecule has 7 heteroatoms. The van der Waals surface area contributed by atoms with Crippen LogP contribution in [0.25, 0.3) is 0 Å². The van der Waals surface area contributed by atoms with Gasteiger partial charge in [0.15, 0.2) is 0 Å².